The molecule has 142 valence electrons. The van der Waals surface area contributed by atoms with Gasteiger partial charge in [0, 0.05) is 35.8 Å². The molecule has 0 saturated carbocycles. The Morgan fingerprint density at radius 3 is 2.48 bits per heavy atom. The first kappa shape index (κ1) is 18.2. The van der Waals surface area contributed by atoms with E-state index in [4.69, 9.17) is 16.3 Å². The van der Waals surface area contributed by atoms with Crippen LogP contribution < -0.4 is 0 Å². The molecule has 1 aromatic carbocycles. The number of benzene rings is 1. The average molecular weight is 397 g/mol. The summed E-state index contributed by atoms with van der Waals surface area (Å²) in [5.41, 5.74) is 0.797. The molecule has 4 rings (SSSR count). The zero-order valence-corrected chi connectivity index (χ0v) is 15.0. The Kier molecular flexibility index (Phi) is 4.79. The number of morpholine rings is 1. The molecule has 0 spiro atoms. The summed E-state index contributed by atoms with van der Waals surface area (Å²) in [4.78, 5) is 6.59. The van der Waals surface area contributed by atoms with E-state index in [1.807, 2.05) is 0 Å². The van der Waals surface area contributed by atoms with E-state index >= 15 is 0 Å². The lowest BCUT2D eigenvalue weighted by Gasteiger charge is -2.26. The minimum atomic E-state index is -4.55. The smallest absolute Gasteiger partial charge is 0.379 e. The predicted molar refractivity (Wildman–Crippen MR) is 94.5 cm³/mol. The molecule has 1 saturated heterocycles. The Morgan fingerprint density at radius 2 is 1.81 bits per heavy atom. The van der Waals surface area contributed by atoms with Crippen LogP contribution in [0.4, 0.5) is 13.2 Å². The number of fused-ring (bicyclic) bond motifs is 1. The van der Waals surface area contributed by atoms with Crippen molar-refractivity contribution in [2.45, 2.75) is 12.7 Å². The minimum absolute atomic E-state index is 0.210. The van der Waals surface area contributed by atoms with Gasteiger partial charge in [-0.05, 0) is 18.2 Å². The Labute approximate surface area is 158 Å². The number of nitrogens with zero attached hydrogens (tertiary/aromatic N) is 4. The largest absolute Gasteiger partial charge is 0.433 e. The predicted octanol–water partition coefficient (Wildman–Crippen LogP) is 3.90. The first-order chi connectivity index (χ1) is 12.9. The SMILES string of the molecule is FC(F)(F)c1cc(-c2ccc(Cl)cc2)nc2c(CN3CCOCC3)cnn12. The third-order valence-electron chi connectivity index (χ3n) is 4.47. The van der Waals surface area contributed by atoms with Gasteiger partial charge in [-0.1, -0.05) is 23.7 Å². The van der Waals surface area contributed by atoms with Gasteiger partial charge in [-0.2, -0.15) is 18.3 Å². The maximum atomic E-state index is 13.6. The van der Waals surface area contributed by atoms with E-state index in [0.717, 1.165) is 23.7 Å². The molecule has 3 heterocycles. The average Bonchev–Trinajstić information content (AvgIpc) is 3.04. The third-order valence-corrected chi connectivity index (χ3v) is 4.72. The summed E-state index contributed by atoms with van der Waals surface area (Å²) >= 11 is 5.88. The van der Waals surface area contributed by atoms with Crippen LogP contribution in [-0.4, -0.2) is 45.8 Å². The van der Waals surface area contributed by atoms with Gasteiger partial charge in [0.15, 0.2) is 11.3 Å². The second kappa shape index (κ2) is 7.10. The fourth-order valence-electron chi connectivity index (χ4n) is 3.09. The Balaban J connectivity index is 1.82. The summed E-state index contributed by atoms with van der Waals surface area (Å²) in [6.45, 7) is 3.13. The molecule has 0 radical (unpaired) electrons. The highest BCUT2D eigenvalue weighted by molar-refractivity contribution is 6.30. The van der Waals surface area contributed by atoms with Crippen molar-refractivity contribution in [3.63, 3.8) is 0 Å². The van der Waals surface area contributed by atoms with Gasteiger partial charge in [0.2, 0.25) is 0 Å². The van der Waals surface area contributed by atoms with E-state index in [1.54, 1.807) is 24.3 Å². The molecule has 0 bridgehead atoms. The zero-order valence-electron chi connectivity index (χ0n) is 14.2. The van der Waals surface area contributed by atoms with E-state index in [-0.39, 0.29) is 11.3 Å². The Bertz CT molecular complexity index is 950. The monoisotopic (exact) mass is 396 g/mol. The molecular formula is C18H16ClF3N4O. The topological polar surface area (TPSA) is 42.7 Å². The number of ether oxygens (including phenoxy) is 1. The summed E-state index contributed by atoms with van der Waals surface area (Å²) in [6.07, 6.45) is -3.09. The molecule has 1 aliphatic heterocycles. The lowest BCUT2D eigenvalue weighted by Crippen LogP contribution is -2.35. The highest BCUT2D eigenvalue weighted by atomic mass is 35.5. The van der Waals surface area contributed by atoms with Crippen molar-refractivity contribution in [3.05, 3.63) is 52.8 Å². The van der Waals surface area contributed by atoms with Gasteiger partial charge >= 0.3 is 6.18 Å². The van der Waals surface area contributed by atoms with E-state index in [9.17, 15) is 13.2 Å². The fourth-order valence-corrected chi connectivity index (χ4v) is 3.22. The quantitative estimate of drug-likeness (QED) is 0.673. The first-order valence-electron chi connectivity index (χ1n) is 8.43. The molecule has 3 aromatic rings. The number of halogens is 4. The van der Waals surface area contributed by atoms with Crippen LogP contribution in [-0.2, 0) is 17.5 Å². The maximum absolute atomic E-state index is 13.6. The summed E-state index contributed by atoms with van der Waals surface area (Å²) in [5, 5.41) is 4.46. The molecule has 1 aliphatic rings. The zero-order chi connectivity index (χ0) is 19.0. The van der Waals surface area contributed by atoms with E-state index in [1.165, 1.54) is 6.20 Å². The molecule has 9 heteroatoms. The molecule has 0 unspecified atom stereocenters. The van der Waals surface area contributed by atoms with Crippen molar-refractivity contribution < 1.29 is 17.9 Å². The lowest BCUT2D eigenvalue weighted by molar-refractivity contribution is -0.142. The molecule has 0 N–H and O–H groups in total. The van der Waals surface area contributed by atoms with Crippen molar-refractivity contribution >= 4 is 17.2 Å². The Morgan fingerprint density at radius 1 is 1.11 bits per heavy atom. The van der Waals surface area contributed by atoms with Crippen molar-refractivity contribution in [1.82, 2.24) is 19.5 Å². The van der Waals surface area contributed by atoms with Crippen LogP contribution in [0.5, 0.6) is 0 Å². The van der Waals surface area contributed by atoms with Crippen molar-refractivity contribution in [2.24, 2.45) is 0 Å². The summed E-state index contributed by atoms with van der Waals surface area (Å²) in [6, 6.07) is 7.57. The molecule has 27 heavy (non-hydrogen) atoms. The van der Waals surface area contributed by atoms with E-state index in [0.29, 0.717) is 35.9 Å². The van der Waals surface area contributed by atoms with Gasteiger partial charge < -0.3 is 4.74 Å². The van der Waals surface area contributed by atoms with Crippen LogP contribution in [0.2, 0.25) is 5.02 Å². The molecule has 1 fully saturated rings. The van der Waals surface area contributed by atoms with Crippen molar-refractivity contribution in [3.8, 4) is 11.3 Å². The van der Waals surface area contributed by atoms with E-state index < -0.39 is 11.9 Å². The molecule has 0 aliphatic carbocycles. The van der Waals surface area contributed by atoms with Crippen LogP contribution in [0.3, 0.4) is 0 Å². The van der Waals surface area contributed by atoms with Crippen LogP contribution in [0, 0.1) is 0 Å². The lowest BCUT2D eigenvalue weighted by atomic mass is 10.1. The van der Waals surface area contributed by atoms with Crippen molar-refractivity contribution in [1.29, 1.82) is 0 Å². The molecule has 0 amide bonds. The summed E-state index contributed by atoms with van der Waals surface area (Å²) in [7, 11) is 0. The third kappa shape index (κ3) is 3.78. The number of hydrogen-bond acceptors (Lipinski definition) is 4. The van der Waals surface area contributed by atoms with Crippen LogP contribution >= 0.6 is 11.6 Å². The van der Waals surface area contributed by atoms with Gasteiger partial charge in [-0.25, -0.2) is 9.50 Å². The van der Waals surface area contributed by atoms with Gasteiger partial charge in [0.05, 0.1) is 25.1 Å². The fraction of sp³-hybridized carbons (Fsp3) is 0.333. The highest BCUT2D eigenvalue weighted by Gasteiger charge is 2.35. The number of rotatable bonds is 3. The summed E-state index contributed by atoms with van der Waals surface area (Å²) < 4.78 is 47.0. The van der Waals surface area contributed by atoms with Gasteiger partial charge in [-0.3, -0.25) is 4.90 Å². The summed E-state index contributed by atoms with van der Waals surface area (Å²) in [5.74, 6) is 0. The van der Waals surface area contributed by atoms with Crippen molar-refractivity contribution in [2.75, 3.05) is 26.3 Å². The second-order valence-corrected chi connectivity index (χ2v) is 6.76. The highest BCUT2D eigenvalue weighted by Crippen LogP contribution is 2.33. The normalized spacial score (nSPS) is 16.1. The van der Waals surface area contributed by atoms with E-state index in [2.05, 4.69) is 15.0 Å². The second-order valence-electron chi connectivity index (χ2n) is 6.33. The minimum Gasteiger partial charge on any atom is -0.379 e. The molecule has 0 atom stereocenters. The maximum Gasteiger partial charge on any atom is 0.433 e. The van der Waals surface area contributed by atoms with Gasteiger partial charge in [-0.15, -0.1) is 0 Å². The number of alkyl halides is 3. The first-order valence-corrected chi connectivity index (χ1v) is 8.80. The van der Waals surface area contributed by atoms with Crippen LogP contribution in [0.25, 0.3) is 16.9 Å². The standard InChI is InChI=1S/C18H16ClF3N4O/c19-14-3-1-12(2-4-14)15-9-16(18(20,21)22)26-17(24-15)13(10-23-26)11-25-5-7-27-8-6-25/h1-4,9-10H,5-8,11H2. The number of hydrogen-bond donors (Lipinski definition) is 0. The molecule has 2 aromatic heterocycles. The Hall–Kier alpha value is -2.16. The van der Waals surface area contributed by atoms with Gasteiger partial charge in [0.25, 0.3) is 0 Å². The molecule has 5 nitrogen and oxygen atoms in total. The molecular weight excluding hydrogens is 381 g/mol. The number of aromatic nitrogens is 3. The van der Waals surface area contributed by atoms with Crippen LogP contribution in [0.15, 0.2) is 36.5 Å². The van der Waals surface area contributed by atoms with Gasteiger partial charge in [0.1, 0.15) is 0 Å². The van der Waals surface area contributed by atoms with Crippen LogP contribution in [0.1, 0.15) is 11.3 Å².